The van der Waals surface area contributed by atoms with E-state index in [-0.39, 0.29) is 23.8 Å². The van der Waals surface area contributed by atoms with Crippen molar-refractivity contribution < 1.29 is 14.1 Å². The van der Waals surface area contributed by atoms with Gasteiger partial charge < -0.3 is 9.41 Å². The molecule has 1 amide bonds. The zero-order valence-corrected chi connectivity index (χ0v) is 21.8. The third-order valence-electron chi connectivity index (χ3n) is 7.47. The van der Waals surface area contributed by atoms with Gasteiger partial charge in [0.05, 0.1) is 13.0 Å². The summed E-state index contributed by atoms with van der Waals surface area (Å²) in [5, 5.41) is 1.40. The van der Waals surface area contributed by atoms with Crippen LogP contribution in [-0.4, -0.2) is 44.5 Å². The van der Waals surface area contributed by atoms with Crippen LogP contribution in [0.15, 0.2) is 12.1 Å². The molecule has 2 rings (SSSR count). The van der Waals surface area contributed by atoms with E-state index in [1.54, 1.807) is 14.2 Å². The molecular formula is C25H46N2O3Si. The Labute approximate surface area is 191 Å². The summed E-state index contributed by atoms with van der Waals surface area (Å²) in [6, 6.07) is 7.76. The molecule has 178 valence electrons. The number of amides is 1. The van der Waals surface area contributed by atoms with Gasteiger partial charge in [-0.05, 0) is 68.8 Å². The lowest BCUT2D eigenvalue weighted by atomic mass is 9.81. The molecule has 1 N–H and O–H groups in total. The highest BCUT2D eigenvalue weighted by Crippen LogP contribution is 2.36. The summed E-state index contributed by atoms with van der Waals surface area (Å²) >= 11 is 0. The normalized spacial score (nSPS) is 21.7. The SMILES string of the molecule is CC[Si](CC)(CC)O[C@@H](C)C[C@@H]1CCCCCCCc2ccc([nH]2)[C@H]1C(=O)N(C)OC. The molecule has 0 saturated carbocycles. The van der Waals surface area contributed by atoms with Crippen molar-refractivity contribution in [2.24, 2.45) is 5.92 Å². The molecule has 0 aliphatic carbocycles. The lowest BCUT2D eigenvalue weighted by Crippen LogP contribution is -2.41. The van der Waals surface area contributed by atoms with Crippen molar-refractivity contribution in [2.75, 3.05) is 14.2 Å². The number of fused-ring (bicyclic) bond motifs is 2. The average Bonchev–Trinajstić information content (AvgIpc) is 3.23. The molecular weight excluding hydrogens is 404 g/mol. The van der Waals surface area contributed by atoms with Gasteiger partial charge in [-0.3, -0.25) is 9.63 Å². The van der Waals surface area contributed by atoms with E-state index < -0.39 is 8.32 Å². The number of hydrogen-bond donors (Lipinski definition) is 1. The maximum absolute atomic E-state index is 13.4. The minimum Gasteiger partial charge on any atom is -0.414 e. The highest BCUT2D eigenvalue weighted by atomic mass is 28.4. The first-order chi connectivity index (χ1) is 14.9. The molecule has 2 bridgehead atoms. The quantitative estimate of drug-likeness (QED) is 0.348. The molecule has 2 heterocycles. The molecule has 0 fully saturated rings. The number of aryl methyl sites for hydroxylation is 1. The van der Waals surface area contributed by atoms with Gasteiger partial charge in [0.25, 0.3) is 5.91 Å². The van der Waals surface area contributed by atoms with Gasteiger partial charge in [0.15, 0.2) is 8.32 Å². The zero-order valence-electron chi connectivity index (χ0n) is 20.8. The number of hydroxylamine groups is 2. The number of aromatic amines is 1. The molecule has 31 heavy (non-hydrogen) atoms. The summed E-state index contributed by atoms with van der Waals surface area (Å²) in [6.45, 7) is 9.06. The second-order valence-electron chi connectivity index (χ2n) is 9.41. The predicted octanol–water partition coefficient (Wildman–Crippen LogP) is 6.43. The Hall–Kier alpha value is -1.11. The maximum atomic E-state index is 13.4. The molecule has 0 unspecified atom stereocenters. The highest BCUT2D eigenvalue weighted by molar-refractivity contribution is 6.73. The fraction of sp³-hybridized carbons (Fsp3) is 0.800. The fourth-order valence-corrected chi connectivity index (χ4v) is 8.18. The van der Waals surface area contributed by atoms with Crippen LogP contribution in [0.3, 0.4) is 0 Å². The van der Waals surface area contributed by atoms with Crippen LogP contribution in [0.5, 0.6) is 0 Å². The van der Waals surface area contributed by atoms with E-state index >= 15 is 0 Å². The Morgan fingerprint density at radius 1 is 1.13 bits per heavy atom. The van der Waals surface area contributed by atoms with Gasteiger partial charge in [-0.15, -0.1) is 0 Å². The Morgan fingerprint density at radius 2 is 1.77 bits per heavy atom. The van der Waals surface area contributed by atoms with Crippen LogP contribution >= 0.6 is 0 Å². The number of carbonyl (C=O) groups is 1. The number of carbonyl (C=O) groups excluding carboxylic acids is 1. The molecule has 1 aliphatic rings. The molecule has 0 radical (unpaired) electrons. The Morgan fingerprint density at radius 3 is 2.42 bits per heavy atom. The van der Waals surface area contributed by atoms with E-state index in [1.165, 1.54) is 42.9 Å². The minimum absolute atomic E-state index is 0.0372. The molecule has 0 spiro atoms. The molecule has 1 aliphatic heterocycles. The third-order valence-corrected chi connectivity index (χ3v) is 12.2. The second kappa shape index (κ2) is 12.8. The number of aromatic nitrogens is 1. The molecule has 5 nitrogen and oxygen atoms in total. The van der Waals surface area contributed by atoms with E-state index in [9.17, 15) is 4.79 Å². The van der Waals surface area contributed by atoms with Gasteiger partial charge in [0.2, 0.25) is 0 Å². The molecule has 1 aromatic rings. The number of rotatable bonds is 9. The lowest BCUT2D eigenvalue weighted by molar-refractivity contribution is -0.172. The molecule has 0 saturated heterocycles. The molecule has 0 aromatic carbocycles. The van der Waals surface area contributed by atoms with Crippen molar-refractivity contribution in [1.82, 2.24) is 10.0 Å². The monoisotopic (exact) mass is 450 g/mol. The summed E-state index contributed by atoms with van der Waals surface area (Å²) < 4.78 is 6.79. The van der Waals surface area contributed by atoms with Crippen LogP contribution in [0.4, 0.5) is 0 Å². The van der Waals surface area contributed by atoms with Crippen LogP contribution in [0.2, 0.25) is 18.1 Å². The topological polar surface area (TPSA) is 54.6 Å². The minimum atomic E-state index is -1.68. The van der Waals surface area contributed by atoms with E-state index in [1.807, 2.05) is 0 Å². The molecule has 3 atom stereocenters. The molecule has 6 heteroatoms. The fourth-order valence-electron chi connectivity index (χ4n) is 5.23. The second-order valence-corrected chi connectivity index (χ2v) is 14.1. The van der Waals surface area contributed by atoms with Gasteiger partial charge in [-0.1, -0.05) is 46.5 Å². The summed E-state index contributed by atoms with van der Waals surface area (Å²) in [6.07, 6.45) is 9.38. The largest absolute Gasteiger partial charge is 0.414 e. The number of nitrogens with one attached hydrogen (secondary N) is 1. The standard InChI is InChI=1S/C25H46N2O3Si/c1-7-31(8-2,9-3)30-20(4)19-21-15-13-11-10-12-14-16-22-17-18-23(26-22)24(21)25(28)27(5)29-6/h17-18,20-21,24,26H,7-16,19H2,1-6H3/t20-,21-,24-/m0/s1. The Balaban J connectivity index is 2.32. The molecule has 1 aromatic heterocycles. The number of likely N-dealkylation sites (N-methyl/N-ethyl adjacent to an activating group) is 1. The van der Waals surface area contributed by atoms with Crippen LogP contribution in [0, 0.1) is 5.92 Å². The van der Waals surface area contributed by atoms with E-state index in [0.29, 0.717) is 0 Å². The smallest absolute Gasteiger partial charge is 0.255 e. The van der Waals surface area contributed by atoms with Crippen molar-refractivity contribution in [3.8, 4) is 0 Å². The van der Waals surface area contributed by atoms with Crippen LogP contribution in [-0.2, 0) is 20.5 Å². The average molecular weight is 451 g/mol. The number of hydrogen-bond acceptors (Lipinski definition) is 3. The Bertz CT molecular complexity index is 651. The van der Waals surface area contributed by atoms with Gasteiger partial charge in [-0.25, -0.2) is 5.06 Å². The number of H-pyrrole nitrogens is 1. The summed E-state index contributed by atoms with van der Waals surface area (Å²) in [7, 11) is 1.62. The van der Waals surface area contributed by atoms with Crippen molar-refractivity contribution >= 4 is 14.2 Å². The first-order valence-corrected chi connectivity index (χ1v) is 15.1. The third kappa shape index (κ3) is 7.19. The predicted molar refractivity (Wildman–Crippen MR) is 131 cm³/mol. The van der Waals surface area contributed by atoms with E-state index in [0.717, 1.165) is 43.1 Å². The zero-order chi connectivity index (χ0) is 22.9. The van der Waals surface area contributed by atoms with Crippen molar-refractivity contribution in [3.63, 3.8) is 0 Å². The van der Waals surface area contributed by atoms with Crippen molar-refractivity contribution in [3.05, 3.63) is 23.5 Å². The maximum Gasteiger partial charge on any atom is 0.255 e. The van der Waals surface area contributed by atoms with Gasteiger partial charge in [-0.2, -0.15) is 0 Å². The summed E-state index contributed by atoms with van der Waals surface area (Å²) in [5.41, 5.74) is 2.28. The van der Waals surface area contributed by atoms with Crippen molar-refractivity contribution in [1.29, 1.82) is 0 Å². The van der Waals surface area contributed by atoms with Gasteiger partial charge >= 0.3 is 0 Å². The van der Waals surface area contributed by atoms with Gasteiger partial charge in [0, 0.05) is 24.5 Å². The van der Waals surface area contributed by atoms with Crippen LogP contribution < -0.4 is 0 Å². The van der Waals surface area contributed by atoms with Crippen LogP contribution in [0.25, 0.3) is 0 Å². The van der Waals surface area contributed by atoms with E-state index in [4.69, 9.17) is 9.26 Å². The summed E-state index contributed by atoms with van der Waals surface area (Å²) in [4.78, 5) is 22.4. The summed E-state index contributed by atoms with van der Waals surface area (Å²) in [5.74, 6) is 0.0589. The van der Waals surface area contributed by atoms with Crippen molar-refractivity contribution in [2.45, 2.75) is 109 Å². The van der Waals surface area contributed by atoms with Gasteiger partial charge in [0.1, 0.15) is 0 Å². The lowest BCUT2D eigenvalue weighted by Gasteiger charge is -2.35. The van der Waals surface area contributed by atoms with Crippen LogP contribution in [0.1, 0.15) is 89.9 Å². The number of nitrogens with zero attached hydrogens (tertiary/aromatic N) is 1. The first-order valence-electron chi connectivity index (χ1n) is 12.6. The first kappa shape index (κ1) is 26.1. The highest BCUT2D eigenvalue weighted by Gasteiger charge is 2.36. The van der Waals surface area contributed by atoms with E-state index in [2.05, 4.69) is 44.8 Å². The Kier molecular flexibility index (Phi) is 10.8.